The third-order valence-electron chi connectivity index (χ3n) is 15.5. The number of carbonyl (C=O) groups is 4. The smallest absolute Gasteiger partial charge is 0.462 e. The second-order valence-electron chi connectivity index (χ2n) is 25.1. The number of aliphatic hydroxyl groups is 1. The molecule has 0 bridgehead atoms. The van der Waals surface area contributed by atoms with Gasteiger partial charge in [0.05, 0.1) is 26.4 Å². The summed E-state index contributed by atoms with van der Waals surface area (Å²) in [7, 11) is -9.99. The Labute approximate surface area is 617 Å². The molecule has 0 aliphatic carbocycles. The number of hydrogen-bond donors (Lipinski definition) is 3. The Morgan fingerprint density at radius 3 is 0.853 bits per heavy atom. The van der Waals surface area contributed by atoms with Gasteiger partial charge in [0.15, 0.2) is 12.2 Å². The summed E-state index contributed by atoms with van der Waals surface area (Å²) in [5.74, 6) is -2.32. The highest BCUT2D eigenvalue weighted by atomic mass is 31.2. The summed E-state index contributed by atoms with van der Waals surface area (Å²) in [6, 6.07) is 0. The summed E-state index contributed by atoms with van der Waals surface area (Å²) in [6.07, 6.45) is 85.4. The minimum atomic E-state index is -5.00. The van der Waals surface area contributed by atoms with E-state index in [4.69, 9.17) is 37.0 Å². The lowest BCUT2D eigenvalue weighted by Crippen LogP contribution is -2.30. The molecule has 19 heteroatoms. The van der Waals surface area contributed by atoms with Crippen LogP contribution in [0.25, 0.3) is 0 Å². The maximum Gasteiger partial charge on any atom is 0.472 e. The predicted molar refractivity (Wildman–Crippen MR) is 417 cm³/mol. The van der Waals surface area contributed by atoms with Crippen LogP contribution >= 0.6 is 15.6 Å². The van der Waals surface area contributed by atoms with Gasteiger partial charge in [0.1, 0.15) is 19.3 Å². The van der Waals surface area contributed by atoms with E-state index in [9.17, 15) is 43.2 Å². The molecule has 580 valence electrons. The Morgan fingerprint density at radius 1 is 0.284 bits per heavy atom. The summed E-state index contributed by atoms with van der Waals surface area (Å²) in [5, 5.41) is 10.6. The van der Waals surface area contributed by atoms with E-state index in [1.807, 2.05) is 18.2 Å². The molecule has 0 aromatic heterocycles. The van der Waals surface area contributed by atoms with E-state index >= 15 is 0 Å². The largest absolute Gasteiger partial charge is 0.472 e. The summed E-state index contributed by atoms with van der Waals surface area (Å²) in [4.78, 5) is 72.9. The van der Waals surface area contributed by atoms with E-state index in [-0.39, 0.29) is 25.7 Å². The van der Waals surface area contributed by atoms with E-state index in [2.05, 4.69) is 167 Å². The number of ether oxygens (including phenoxy) is 4. The zero-order valence-corrected chi connectivity index (χ0v) is 65.0. The highest BCUT2D eigenvalue weighted by Crippen LogP contribution is 2.45. The van der Waals surface area contributed by atoms with Crippen molar-refractivity contribution in [2.45, 2.75) is 303 Å². The minimum absolute atomic E-state index is 0.0287. The predicted octanol–water partition coefficient (Wildman–Crippen LogP) is 22.4. The van der Waals surface area contributed by atoms with Crippen LogP contribution < -0.4 is 0 Å². The number of allylic oxidation sites excluding steroid dienone is 26. The van der Waals surface area contributed by atoms with E-state index in [0.29, 0.717) is 32.1 Å². The first-order valence-electron chi connectivity index (χ1n) is 38.7. The molecule has 5 atom stereocenters. The molecular weight excluding hydrogens is 1330 g/mol. The quantitative estimate of drug-likeness (QED) is 0.0169. The van der Waals surface area contributed by atoms with Gasteiger partial charge in [0.2, 0.25) is 0 Å². The molecule has 0 spiro atoms. The SMILES string of the molecule is CC/C=C\C/C=C\C/C=C\C/C=C\C/C=C\C/C=C\CCC(=O)OCC(COP(=O)(O)OCC(O)COP(=O)(O)OCC(COC(=O)CCCCCCC/C=C\C/C=C\C/C=C\CC)OC(=O)CCCCCCC/C=C\CCCC)OC(=O)CCCCCCCCC/C=C\C/C=C\C/C=C\CC. The lowest BCUT2D eigenvalue weighted by molar-refractivity contribution is -0.161. The van der Waals surface area contributed by atoms with Crippen LogP contribution in [0.5, 0.6) is 0 Å². The van der Waals surface area contributed by atoms with Crippen molar-refractivity contribution in [3.8, 4) is 0 Å². The van der Waals surface area contributed by atoms with E-state index in [1.54, 1.807) is 0 Å². The molecule has 0 fully saturated rings. The van der Waals surface area contributed by atoms with Crippen LogP contribution in [-0.4, -0.2) is 96.7 Å². The third kappa shape index (κ3) is 73.0. The number of unbranched alkanes of at least 4 members (excludes halogenated alkanes) is 19. The molecule has 0 aromatic rings. The van der Waals surface area contributed by atoms with Crippen molar-refractivity contribution in [1.82, 2.24) is 0 Å². The first-order chi connectivity index (χ1) is 49.7. The molecule has 0 radical (unpaired) electrons. The number of phosphoric ester groups is 2. The zero-order valence-electron chi connectivity index (χ0n) is 63.2. The molecule has 0 saturated carbocycles. The lowest BCUT2D eigenvalue weighted by Gasteiger charge is -2.21. The van der Waals surface area contributed by atoms with Gasteiger partial charge >= 0.3 is 39.5 Å². The first kappa shape index (κ1) is 96.7. The molecular formula is C83H136O17P2. The van der Waals surface area contributed by atoms with Crippen LogP contribution in [-0.2, 0) is 65.4 Å². The molecule has 17 nitrogen and oxygen atoms in total. The Hall–Kier alpha value is -5.32. The Bertz CT molecular complexity index is 2550. The van der Waals surface area contributed by atoms with E-state index < -0.39 is 97.5 Å². The van der Waals surface area contributed by atoms with Crippen LogP contribution in [0, 0.1) is 0 Å². The fourth-order valence-electron chi connectivity index (χ4n) is 9.67. The van der Waals surface area contributed by atoms with Crippen molar-refractivity contribution in [2.75, 3.05) is 39.6 Å². The molecule has 0 aromatic carbocycles. The molecule has 5 unspecified atom stereocenters. The highest BCUT2D eigenvalue weighted by molar-refractivity contribution is 7.47. The summed E-state index contributed by atoms with van der Waals surface area (Å²) in [6.45, 7) is 4.36. The Kier molecular flexibility index (Phi) is 70.1. The molecule has 0 aliphatic heterocycles. The van der Waals surface area contributed by atoms with Crippen molar-refractivity contribution >= 4 is 39.5 Å². The maximum atomic E-state index is 13.1. The van der Waals surface area contributed by atoms with Crippen LogP contribution in [0.3, 0.4) is 0 Å². The van der Waals surface area contributed by atoms with Gasteiger partial charge in [-0.3, -0.25) is 37.3 Å². The van der Waals surface area contributed by atoms with Crippen molar-refractivity contribution in [3.63, 3.8) is 0 Å². The normalized spacial score (nSPS) is 14.8. The molecule has 0 saturated heterocycles. The van der Waals surface area contributed by atoms with Crippen LogP contribution in [0.15, 0.2) is 158 Å². The fraction of sp³-hybridized carbons (Fsp3) is 0.639. The van der Waals surface area contributed by atoms with Gasteiger partial charge in [-0.25, -0.2) is 9.13 Å². The Balaban J connectivity index is 5.44. The maximum absolute atomic E-state index is 13.1. The molecule has 0 aliphatic rings. The number of rotatable bonds is 71. The van der Waals surface area contributed by atoms with Gasteiger partial charge in [0.25, 0.3) is 0 Å². The third-order valence-corrected chi connectivity index (χ3v) is 17.4. The number of esters is 4. The second kappa shape index (κ2) is 74.0. The van der Waals surface area contributed by atoms with Crippen LogP contribution in [0.1, 0.15) is 285 Å². The summed E-state index contributed by atoms with van der Waals surface area (Å²) in [5.41, 5.74) is 0. The second-order valence-corrected chi connectivity index (χ2v) is 28.1. The van der Waals surface area contributed by atoms with Crippen molar-refractivity contribution in [1.29, 1.82) is 0 Å². The standard InChI is InChI=1S/C83H136O17P2/c1-5-9-13-17-21-25-29-32-35-37-38-40-42-45-49-52-56-60-64-68-81(86)94-74-79(100-83(88)70-66-62-58-54-50-46-43-39-36-33-30-26-22-18-14-10-6-2)76-98-102(91,92)96-72-77(84)71-95-101(89,90)97-75-78(99-82(87)69-65-61-57-53-47-28-24-20-16-12-8-4)73-93-80(85)67-63-59-55-51-48-44-41-34-31-27-23-19-15-11-7-3/h9-11,13-15,20-27,32-36,38,40-41,45,49,56,60,77-79,84H,5-8,12,16-19,28-31,37,39,42-44,46-48,50-55,57-59,61-76H2,1-4H3,(H,89,90)(H,91,92)/b13-9-,14-10-,15-11-,24-20-,25-21-,26-22-,27-23-,35-32-,36-33-,40-38-,41-34-,49-45-,60-56-. The minimum Gasteiger partial charge on any atom is -0.462 e. The van der Waals surface area contributed by atoms with E-state index in [1.165, 1.54) is 12.8 Å². The van der Waals surface area contributed by atoms with Gasteiger partial charge in [0, 0.05) is 25.7 Å². The van der Waals surface area contributed by atoms with E-state index in [0.717, 1.165) is 186 Å². The highest BCUT2D eigenvalue weighted by Gasteiger charge is 2.30. The van der Waals surface area contributed by atoms with Gasteiger partial charge in [-0.1, -0.05) is 269 Å². The van der Waals surface area contributed by atoms with Gasteiger partial charge < -0.3 is 33.8 Å². The number of carbonyl (C=O) groups excluding carboxylic acids is 4. The van der Waals surface area contributed by atoms with Crippen molar-refractivity contribution in [3.05, 3.63) is 158 Å². The lowest BCUT2D eigenvalue weighted by atomic mass is 10.1. The zero-order chi connectivity index (χ0) is 74.6. The monoisotopic (exact) mass is 1470 g/mol. The van der Waals surface area contributed by atoms with Crippen LogP contribution in [0.2, 0.25) is 0 Å². The van der Waals surface area contributed by atoms with Crippen LogP contribution in [0.4, 0.5) is 0 Å². The van der Waals surface area contributed by atoms with Gasteiger partial charge in [-0.05, 0) is 148 Å². The number of aliphatic hydroxyl groups excluding tert-OH is 1. The number of hydrogen-bond acceptors (Lipinski definition) is 15. The summed E-state index contributed by atoms with van der Waals surface area (Å²) >= 11 is 0. The van der Waals surface area contributed by atoms with Gasteiger partial charge in [-0.15, -0.1) is 0 Å². The molecule has 102 heavy (non-hydrogen) atoms. The van der Waals surface area contributed by atoms with Crippen molar-refractivity contribution < 1.29 is 80.2 Å². The molecule has 0 heterocycles. The first-order valence-corrected chi connectivity index (χ1v) is 41.7. The topological polar surface area (TPSA) is 237 Å². The van der Waals surface area contributed by atoms with Crippen molar-refractivity contribution in [2.24, 2.45) is 0 Å². The average Bonchev–Trinajstić information content (AvgIpc) is 0.921. The molecule has 0 rings (SSSR count). The fourth-order valence-corrected chi connectivity index (χ4v) is 11.2. The molecule has 3 N–H and O–H groups in total. The summed E-state index contributed by atoms with van der Waals surface area (Å²) < 4.78 is 68.4. The van der Waals surface area contributed by atoms with Gasteiger partial charge in [-0.2, -0.15) is 0 Å². The Morgan fingerprint density at radius 2 is 0.529 bits per heavy atom. The average molecular weight is 1470 g/mol. The number of phosphoric acid groups is 2. The molecule has 0 amide bonds.